The van der Waals surface area contributed by atoms with Crippen LogP contribution in [0.5, 0.6) is 0 Å². The first-order valence-corrected chi connectivity index (χ1v) is 7.11. The highest BCUT2D eigenvalue weighted by Crippen LogP contribution is 2.43. The van der Waals surface area contributed by atoms with Crippen LogP contribution in [-0.4, -0.2) is 50.6 Å². The van der Waals surface area contributed by atoms with Crippen molar-refractivity contribution >= 4 is 10.1 Å². The lowest BCUT2D eigenvalue weighted by Crippen LogP contribution is -2.74. The van der Waals surface area contributed by atoms with Gasteiger partial charge in [0.2, 0.25) is 0 Å². The average molecular weight is 369 g/mol. The fourth-order valence-corrected chi connectivity index (χ4v) is 1.47. The first-order valence-electron chi connectivity index (χ1n) is 5.70. The van der Waals surface area contributed by atoms with Crippen molar-refractivity contribution in [3.8, 4) is 0 Å². The van der Waals surface area contributed by atoms with Crippen molar-refractivity contribution in [3.05, 3.63) is 0 Å². The Balaban J connectivity index is 0. The number of hydrogen-bond acceptors (Lipinski definition) is 3. The molecular weight excluding hydrogens is 354 g/mol. The molecule has 0 heterocycles. The summed E-state index contributed by atoms with van der Waals surface area (Å²) in [6, 6.07) is 0. The predicted octanol–water partition coefficient (Wildman–Crippen LogP) is 1.64. The Labute approximate surface area is 121 Å². The predicted molar refractivity (Wildman–Crippen MR) is 58.2 cm³/mol. The summed E-state index contributed by atoms with van der Waals surface area (Å²) in [5.74, 6) is -5.90. The van der Waals surface area contributed by atoms with Gasteiger partial charge < -0.3 is 9.87 Å². The lowest BCUT2D eigenvalue weighted by molar-refractivity contribution is -0.597. The fraction of sp³-hybridized carbons (Fsp3) is 1.00. The van der Waals surface area contributed by atoms with Gasteiger partial charge in [0, 0.05) is 6.42 Å². The van der Waals surface area contributed by atoms with Gasteiger partial charge >= 0.3 is 17.4 Å². The molecule has 136 valence electrons. The summed E-state index contributed by atoms with van der Waals surface area (Å²) in [7, 11) is -2.85. The Morgan fingerprint density at radius 3 is 1.68 bits per heavy atom. The molecule has 0 aliphatic rings. The molecule has 1 unspecified atom stereocenters. The van der Waals surface area contributed by atoms with E-state index in [1.165, 1.54) is 0 Å². The van der Waals surface area contributed by atoms with E-state index >= 15 is 0 Å². The molecule has 1 atom stereocenters. The first kappa shape index (κ1) is 23.6. The molecule has 0 saturated carbocycles. The van der Waals surface area contributed by atoms with Gasteiger partial charge in [-0.3, -0.25) is 0 Å². The summed E-state index contributed by atoms with van der Waals surface area (Å²) < 4.78 is 128. The number of halogens is 8. The highest BCUT2D eigenvalue weighted by Gasteiger charge is 2.66. The van der Waals surface area contributed by atoms with Crippen LogP contribution in [0.3, 0.4) is 0 Å². The van der Waals surface area contributed by atoms with Gasteiger partial charge in [0.25, 0.3) is 0 Å². The van der Waals surface area contributed by atoms with E-state index in [9.17, 15) is 48.1 Å². The summed E-state index contributed by atoms with van der Waals surface area (Å²) >= 11 is 0. The summed E-state index contributed by atoms with van der Waals surface area (Å²) in [5, 5.41) is -4.24. The van der Waals surface area contributed by atoms with Gasteiger partial charge in [0.1, 0.15) is 0 Å². The molecule has 0 bridgehead atoms. The minimum absolute atomic E-state index is 1.25. The van der Waals surface area contributed by atoms with E-state index in [2.05, 4.69) is 0 Å². The Hall–Kier alpha value is -0.690. The van der Waals surface area contributed by atoms with Crippen LogP contribution >= 0.6 is 0 Å². The first-order chi connectivity index (χ1) is 9.54. The largest absolute Gasteiger partial charge is 0.743 e. The van der Waals surface area contributed by atoms with E-state index in [0.29, 0.717) is 0 Å². The van der Waals surface area contributed by atoms with E-state index in [-0.39, 0.29) is 0 Å². The van der Waals surface area contributed by atoms with Gasteiger partial charge in [-0.15, -0.1) is 0 Å². The molecule has 13 heteroatoms. The van der Waals surface area contributed by atoms with E-state index < -0.39 is 52.9 Å². The molecular formula is C9H15F8NO3S. The third kappa shape index (κ3) is 7.05. The van der Waals surface area contributed by atoms with Gasteiger partial charge in [-0.25, -0.2) is 12.8 Å². The smallest absolute Gasteiger partial charge is 0.399 e. The standard InChI is InChI=1S/C7H8F8O3S.C2H7N/c8-4(2-1-3-5(9,10)11)6(12,13)7(14,15)19(16,17)18;1-3-2/h4H,1-3H2,(H,16,17,18);3H,1-2H3. The van der Waals surface area contributed by atoms with Gasteiger partial charge in [-0.05, 0) is 12.8 Å². The molecule has 0 aliphatic carbocycles. The molecule has 0 aromatic heterocycles. The molecule has 0 spiro atoms. The minimum Gasteiger partial charge on any atom is -0.743 e. The van der Waals surface area contributed by atoms with E-state index in [1.54, 1.807) is 0 Å². The van der Waals surface area contributed by atoms with Crippen molar-refractivity contribution in [1.29, 1.82) is 0 Å². The summed E-state index contributed by atoms with van der Waals surface area (Å²) in [5.41, 5.74) is 0. The molecule has 0 aliphatic heterocycles. The van der Waals surface area contributed by atoms with Crippen molar-refractivity contribution < 1.29 is 53.4 Å². The maximum atomic E-state index is 12.8. The topological polar surface area (TPSA) is 73.8 Å². The number of rotatable bonds is 6. The van der Waals surface area contributed by atoms with Crippen LogP contribution in [0.4, 0.5) is 35.1 Å². The highest BCUT2D eigenvalue weighted by molar-refractivity contribution is 7.86. The lowest BCUT2D eigenvalue weighted by atomic mass is 10.1. The van der Waals surface area contributed by atoms with Crippen LogP contribution in [0.15, 0.2) is 0 Å². The zero-order valence-corrected chi connectivity index (χ0v) is 12.2. The SMILES string of the molecule is C[NH2+]C.O=S(=O)([O-])C(F)(F)C(F)(F)C(F)CCCC(F)(F)F. The van der Waals surface area contributed by atoms with E-state index in [0.717, 1.165) is 0 Å². The highest BCUT2D eigenvalue weighted by atomic mass is 32.2. The molecule has 22 heavy (non-hydrogen) atoms. The third-order valence-electron chi connectivity index (χ3n) is 2.01. The second kappa shape index (κ2) is 8.24. The van der Waals surface area contributed by atoms with Crippen molar-refractivity contribution in [2.24, 2.45) is 0 Å². The van der Waals surface area contributed by atoms with Crippen LogP contribution in [-0.2, 0) is 10.1 Å². The van der Waals surface area contributed by atoms with Crippen molar-refractivity contribution in [3.63, 3.8) is 0 Å². The quantitative estimate of drug-likeness (QED) is 0.571. The van der Waals surface area contributed by atoms with Gasteiger partial charge in [-0.1, -0.05) is 0 Å². The van der Waals surface area contributed by atoms with Crippen LogP contribution in [0.2, 0.25) is 0 Å². The third-order valence-corrected chi connectivity index (χ3v) is 2.91. The number of alkyl halides is 8. The van der Waals surface area contributed by atoms with Crippen molar-refractivity contribution in [1.82, 2.24) is 0 Å². The normalized spacial score (nSPS) is 15.0. The van der Waals surface area contributed by atoms with E-state index in [1.807, 2.05) is 19.4 Å². The summed E-state index contributed by atoms with van der Waals surface area (Å²) in [6.07, 6.45) is -13.3. The van der Waals surface area contributed by atoms with E-state index in [4.69, 9.17) is 0 Å². The fourth-order valence-electron chi connectivity index (χ4n) is 1.01. The average Bonchev–Trinajstić information content (AvgIpc) is 2.26. The lowest BCUT2D eigenvalue weighted by Gasteiger charge is -2.30. The van der Waals surface area contributed by atoms with Gasteiger partial charge in [0.15, 0.2) is 16.3 Å². The maximum Gasteiger partial charge on any atom is 0.399 e. The zero-order chi connectivity index (χ0) is 18.4. The molecule has 0 aromatic rings. The molecule has 0 rings (SSSR count). The van der Waals surface area contributed by atoms with Crippen LogP contribution < -0.4 is 5.32 Å². The Morgan fingerprint density at radius 1 is 1.05 bits per heavy atom. The number of hydrogen-bond donors (Lipinski definition) is 1. The molecule has 0 amide bonds. The van der Waals surface area contributed by atoms with Crippen LogP contribution in [0.1, 0.15) is 19.3 Å². The van der Waals surface area contributed by atoms with Crippen molar-refractivity contribution in [2.75, 3.05) is 14.1 Å². The summed E-state index contributed by atoms with van der Waals surface area (Å²) in [6.45, 7) is 0. The minimum atomic E-state index is -6.85. The molecule has 0 aromatic carbocycles. The zero-order valence-electron chi connectivity index (χ0n) is 11.4. The Morgan fingerprint density at radius 2 is 1.41 bits per heavy atom. The second-order valence-corrected chi connectivity index (χ2v) is 5.57. The second-order valence-electron chi connectivity index (χ2n) is 4.15. The van der Waals surface area contributed by atoms with Crippen LogP contribution in [0, 0.1) is 0 Å². The van der Waals surface area contributed by atoms with Crippen LogP contribution in [0.25, 0.3) is 0 Å². The maximum absolute atomic E-state index is 12.8. The Kier molecular flexibility index (Phi) is 8.83. The molecule has 0 radical (unpaired) electrons. The molecule has 4 nitrogen and oxygen atoms in total. The molecule has 0 saturated heterocycles. The monoisotopic (exact) mass is 369 g/mol. The molecule has 2 N–H and O–H groups in total. The van der Waals surface area contributed by atoms with Gasteiger partial charge in [-0.2, -0.15) is 30.7 Å². The number of nitrogens with two attached hydrogens (primary N) is 1. The summed E-state index contributed by atoms with van der Waals surface area (Å²) in [4.78, 5) is 0. The number of quaternary nitrogens is 1. The van der Waals surface area contributed by atoms with Gasteiger partial charge in [0.05, 0.1) is 14.1 Å². The Bertz CT molecular complexity index is 423. The molecule has 0 fully saturated rings. The van der Waals surface area contributed by atoms with Crippen molar-refractivity contribution in [2.45, 2.75) is 42.8 Å².